The number of amides is 1. The highest BCUT2D eigenvalue weighted by Crippen LogP contribution is 2.27. The number of carbonyl (C=O) groups excluding carboxylic acids is 1. The van der Waals surface area contributed by atoms with Crippen LogP contribution in [0.15, 0.2) is 65.9 Å². The van der Waals surface area contributed by atoms with Crippen molar-refractivity contribution >= 4 is 29.2 Å². The molecular weight excluding hydrogens is 400 g/mol. The Balaban J connectivity index is 1.88. The molecule has 1 heterocycles. The minimum absolute atomic E-state index is 0.264. The normalized spacial score (nSPS) is 11.1. The monoisotopic (exact) mass is 422 g/mol. The van der Waals surface area contributed by atoms with Crippen molar-refractivity contribution in [1.29, 1.82) is 0 Å². The van der Waals surface area contributed by atoms with E-state index in [0.717, 1.165) is 16.7 Å². The molecule has 0 bridgehead atoms. The zero-order valence-electron chi connectivity index (χ0n) is 17.1. The van der Waals surface area contributed by atoms with Gasteiger partial charge in [0.1, 0.15) is 5.75 Å². The van der Waals surface area contributed by atoms with Gasteiger partial charge in [-0.05, 0) is 73.0 Å². The molecule has 6 nitrogen and oxygen atoms in total. The van der Waals surface area contributed by atoms with Crippen LogP contribution < -0.4 is 15.4 Å². The number of nitrogens with one attached hydrogen (secondary N) is 2. The number of ether oxygens (including phenoxy) is 1. The van der Waals surface area contributed by atoms with Gasteiger partial charge in [-0.2, -0.15) is 0 Å². The van der Waals surface area contributed by atoms with Crippen molar-refractivity contribution in [2.45, 2.75) is 20.4 Å². The molecule has 3 aromatic rings. The fourth-order valence-electron chi connectivity index (χ4n) is 2.74. The van der Waals surface area contributed by atoms with E-state index in [1.165, 1.54) is 0 Å². The molecule has 0 saturated carbocycles. The number of hydrogen-bond acceptors (Lipinski definition) is 4. The highest BCUT2D eigenvalue weighted by Gasteiger charge is 2.13. The van der Waals surface area contributed by atoms with Crippen molar-refractivity contribution in [3.63, 3.8) is 0 Å². The Labute approximate surface area is 181 Å². The fourth-order valence-corrected chi connectivity index (χ4v) is 2.91. The van der Waals surface area contributed by atoms with Crippen LogP contribution in [0.3, 0.4) is 0 Å². The molecule has 30 heavy (non-hydrogen) atoms. The zero-order chi connectivity index (χ0) is 21.5. The van der Waals surface area contributed by atoms with E-state index in [4.69, 9.17) is 16.3 Å². The second kappa shape index (κ2) is 9.89. The predicted octanol–water partition coefficient (Wildman–Crippen LogP) is 4.76. The summed E-state index contributed by atoms with van der Waals surface area (Å²) in [5.41, 5.74) is 4.28. The minimum atomic E-state index is -0.264. The molecule has 2 aromatic carbocycles. The molecule has 7 heteroatoms. The summed E-state index contributed by atoms with van der Waals surface area (Å²) in [6.45, 7) is 4.34. The van der Waals surface area contributed by atoms with Crippen LogP contribution in [0.4, 0.5) is 5.69 Å². The zero-order valence-corrected chi connectivity index (χ0v) is 17.8. The molecule has 0 spiro atoms. The number of aryl methyl sites for hydroxylation is 2. The van der Waals surface area contributed by atoms with Crippen LogP contribution >= 0.6 is 11.6 Å². The average molecular weight is 423 g/mol. The number of anilines is 1. The predicted molar refractivity (Wildman–Crippen MR) is 120 cm³/mol. The second-order valence-corrected chi connectivity index (χ2v) is 7.18. The number of aliphatic imine (C=N–C) groups is 1. The average Bonchev–Trinajstić information content (AvgIpc) is 2.75. The highest BCUT2D eigenvalue weighted by molar-refractivity contribution is 6.31. The van der Waals surface area contributed by atoms with Crippen molar-refractivity contribution in [3.8, 4) is 5.75 Å². The van der Waals surface area contributed by atoms with E-state index in [-0.39, 0.29) is 11.9 Å². The first kappa shape index (κ1) is 21.3. The Morgan fingerprint density at radius 2 is 1.83 bits per heavy atom. The molecule has 0 fully saturated rings. The first-order valence-electron chi connectivity index (χ1n) is 9.39. The molecule has 2 N–H and O–H groups in total. The number of hydrogen-bond donors (Lipinski definition) is 2. The Bertz CT molecular complexity index is 1070. The van der Waals surface area contributed by atoms with Gasteiger partial charge in [0.15, 0.2) is 0 Å². The summed E-state index contributed by atoms with van der Waals surface area (Å²) in [4.78, 5) is 21.4. The Kier molecular flexibility index (Phi) is 7.03. The number of pyridine rings is 1. The number of nitrogens with zero attached hydrogens (tertiary/aromatic N) is 2. The third-order valence-corrected chi connectivity index (χ3v) is 4.82. The van der Waals surface area contributed by atoms with Gasteiger partial charge in [0.05, 0.1) is 19.3 Å². The lowest BCUT2D eigenvalue weighted by Gasteiger charge is -2.15. The summed E-state index contributed by atoms with van der Waals surface area (Å²) in [6, 6.07) is 14.5. The molecule has 0 aliphatic heterocycles. The molecule has 1 aromatic heterocycles. The van der Waals surface area contributed by atoms with Gasteiger partial charge in [-0.25, -0.2) is 4.99 Å². The molecule has 0 aliphatic rings. The molecule has 3 rings (SSSR count). The SMILES string of the molecule is COc1ccc(Cl)cc1NC(=NCc1ccncc1)NC(=O)c1ccc(C)c(C)c1. The molecule has 0 radical (unpaired) electrons. The molecule has 0 atom stereocenters. The number of rotatable bonds is 5. The van der Waals surface area contributed by atoms with E-state index in [9.17, 15) is 4.79 Å². The number of carbonyl (C=O) groups is 1. The van der Waals surface area contributed by atoms with Crippen molar-refractivity contribution in [1.82, 2.24) is 10.3 Å². The topological polar surface area (TPSA) is 75.6 Å². The van der Waals surface area contributed by atoms with Crippen LogP contribution in [-0.2, 0) is 6.54 Å². The highest BCUT2D eigenvalue weighted by atomic mass is 35.5. The van der Waals surface area contributed by atoms with E-state index in [1.54, 1.807) is 43.8 Å². The summed E-state index contributed by atoms with van der Waals surface area (Å²) >= 11 is 6.13. The smallest absolute Gasteiger partial charge is 0.257 e. The molecule has 0 aliphatic carbocycles. The van der Waals surface area contributed by atoms with Gasteiger partial charge < -0.3 is 10.1 Å². The number of halogens is 1. The Morgan fingerprint density at radius 1 is 1.07 bits per heavy atom. The standard InChI is InChI=1S/C23H23ClN4O2/c1-15-4-5-18(12-16(15)2)22(29)28-23(26-14-17-8-10-25-11-9-17)27-20-13-19(24)6-7-21(20)30-3/h4-13H,14H2,1-3H3,(H2,26,27,28,29). The maximum absolute atomic E-state index is 12.8. The van der Waals surface area contributed by atoms with E-state index >= 15 is 0 Å². The van der Waals surface area contributed by atoms with Gasteiger partial charge in [0.2, 0.25) is 5.96 Å². The fraction of sp³-hybridized carbons (Fsp3) is 0.174. The van der Waals surface area contributed by atoms with Crippen molar-refractivity contribution < 1.29 is 9.53 Å². The largest absolute Gasteiger partial charge is 0.495 e. The van der Waals surface area contributed by atoms with Crippen LogP contribution in [0.2, 0.25) is 5.02 Å². The molecule has 1 amide bonds. The lowest BCUT2D eigenvalue weighted by Crippen LogP contribution is -2.36. The van der Waals surface area contributed by atoms with E-state index in [2.05, 4.69) is 20.6 Å². The second-order valence-electron chi connectivity index (χ2n) is 6.74. The lowest BCUT2D eigenvalue weighted by atomic mass is 10.1. The van der Waals surface area contributed by atoms with E-state index < -0.39 is 0 Å². The van der Waals surface area contributed by atoms with Gasteiger partial charge >= 0.3 is 0 Å². The van der Waals surface area contributed by atoms with Crippen molar-refractivity contribution in [3.05, 3.63) is 88.2 Å². The molecule has 154 valence electrons. The van der Waals surface area contributed by atoms with Crippen LogP contribution in [0, 0.1) is 13.8 Å². The lowest BCUT2D eigenvalue weighted by molar-refractivity contribution is 0.0977. The number of guanidine groups is 1. The summed E-state index contributed by atoms with van der Waals surface area (Å²) in [6.07, 6.45) is 3.40. The number of benzene rings is 2. The molecule has 0 unspecified atom stereocenters. The first-order chi connectivity index (χ1) is 14.5. The van der Waals surface area contributed by atoms with E-state index in [0.29, 0.717) is 28.6 Å². The summed E-state index contributed by atoms with van der Waals surface area (Å²) in [5, 5.41) is 6.52. The van der Waals surface area contributed by atoms with Crippen LogP contribution in [0.1, 0.15) is 27.0 Å². The quantitative estimate of drug-likeness (QED) is 0.459. The van der Waals surface area contributed by atoms with Gasteiger partial charge in [-0.15, -0.1) is 0 Å². The third kappa shape index (κ3) is 5.58. The first-order valence-corrected chi connectivity index (χ1v) is 9.76. The van der Waals surface area contributed by atoms with Gasteiger partial charge in [-0.3, -0.25) is 15.1 Å². The maximum atomic E-state index is 12.8. The third-order valence-electron chi connectivity index (χ3n) is 4.58. The summed E-state index contributed by atoms with van der Waals surface area (Å²) in [5.74, 6) is 0.604. The van der Waals surface area contributed by atoms with Crippen molar-refractivity contribution in [2.24, 2.45) is 4.99 Å². The van der Waals surface area contributed by atoms with Crippen LogP contribution in [0.5, 0.6) is 5.75 Å². The van der Waals surface area contributed by atoms with Crippen molar-refractivity contribution in [2.75, 3.05) is 12.4 Å². The summed E-state index contributed by atoms with van der Waals surface area (Å²) < 4.78 is 5.39. The summed E-state index contributed by atoms with van der Waals surface area (Å²) in [7, 11) is 1.57. The Morgan fingerprint density at radius 3 is 2.53 bits per heavy atom. The van der Waals surface area contributed by atoms with Crippen LogP contribution in [0.25, 0.3) is 0 Å². The van der Waals surface area contributed by atoms with Gasteiger partial charge in [0, 0.05) is 23.0 Å². The number of methoxy groups -OCH3 is 1. The van der Waals surface area contributed by atoms with Gasteiger partial charge in [-0.1, -0.05) is 17.7 Å². The molecular formula is C23H23ClN4O2. The van der Waals surface area contributed by atoms with Gasteiger partial charge in [0.25, 0.3) is 5.91 Å². The number of aromatic nitrogens is 1. The van der Waals surface area contributed by atoms with E-state index in [1.807, 2.05) is 38.1 Å². The maximum Gasteiger partial charge on any atom is 0.257 e. The Hall–Kier alpha value is -3.38. The molecule has 0 saturated heterocycles. The minimum Gasteiger partial charge on any atom is -0.495 e. The van der Waals surface area contributed by atoms with Crippen LogP contribution in [-0.4, -0.2) is 24.0 Å².